The molecule has 4 unspecified atom stereocenters. The SMILES string of the molecule is CCC1(C)CC(OC(=O)CC(C)=O)C(C)C(C)(CC)N1. The monoisotopic (exact) mass is 283 g/mol. The summed E-state index contributed by atoms with van der Waals surface area (Å²) in [7, 11) is 0. The van der Waals surface area contributed by atoms with E-state index in [2.05, 4.69) is 39.9 Å². The van der Waals surface area contributed by atoms with Gasteiger partial charge in [0.25, 0.3) is 0 Å². The van der Waals surface area contributed by atoms with Crippen molar-refractivity contribution in [2.75, 3.05) is 0 Å². The Kier molecular flexibility index (Phi) is 5.36. The number of hydrogen-bond acceptors (Lipinski definition) is 4. The average Bonchev–Trinajstić information content (AvgIpc) is 2.34. The Bertz CT molecular complexity index is 382. The molecule has 0 spiro atoms. The van der Waals surface area contributed by atoms with E-state index in [1.54, 1.807) is 0 Å². The summed E-state index contributed by atoms with van der Waals surface area (Å²) in [5.74, 6) is -0.315. The van der Waals surface area contributed by atoms with Crippen LogP contribution in [0.4, 0.5) is 0 Å². The number of Topliss-reactive ketones (excluding diaryl/α,β-unsaturated/α-hetero) is 1. The highest BCUT2D eigenvalue weighted by molar-refractivity contribution is 5.94. The molecule has 1 aliphatic heterocycles. The van der Waals surface area contributed by atoms with Gasteiger partial charge in [-0.05, 0) is 33.6 Å². The van der Waals surface area contributed by atoms with Gasteiger partial charge in [0, 0.05) is 23.4 Å². The van der Waals surface area contributed by atoms with Gasteiger partial charge in [0.1, 0.15) is 18.3 Å². The van der Waals surface area contributed by atoms with Crippen LogP contribution in [0.15, 0.2) is 0 Å². The van der Waals surface area contributed by atoms with Crippen LogP contribution in [-0.2, 0) is 14.3 Å². The van der Waals surface area contributed by atoms with Crippen LogP contribution in [0.3, 0.4) is 0 Å². The molecule has 0 aromatic rings. The lowest BCUT2D eigenvalue weighted by molar-refractivity contribution is -0.159. The van der Waals surface area contributed by atoms with Crippen molar-refractivity contribution in [1.82, 2.24) is 5.32 Å². The average molecular weight is 283 g/mol. The molecule has 4 atom stereocenters. The molecule has 1 saturated heterocycles. The van der Waals surface area contributed by atoms with E-state index in [0.717, 1.165) is 19.3 Å². The molecule has 0 aromatic heterocycles. The first kappa shape index (κ1) is 17.2. The minimum Gasteiger partial charge on any atom is -0.462 e. The van der Waals surface area contributed by atoms with Gasteiger partial charge in [-0.25, -0.2) is 0 Å². The van der Waals surface area contributed by atoms with Crippen molar-refractivity contribution in [3.63, 3.8) is 0 Å². The maximum absolute atomic E-state index is 11.8. The first-order chi connectivity index (χ1) is 9.15. The number of esters is 1. The maximum Gasteiger partial charge on any atom is 0.313 e. The minimum absolute atomic E-state index is 0.0293. The zero-order valence-electron chi connectivity index (χ0n) is 13.7. The van der Waals surface area contributed by atoms with E-state index in [1.165, 1.54) is 6.92 Å². The molecule has 0 radical (unpaired) electrons. The van der Waals surface area contributed by atoms with E-state index >= 15 is 0 Å². The Morgan fingerprint density at radius 2 is 1.85 bits per heavy atom. The first-order valence-electron chi connectivity index (χ1n) is 7.64. The van der Waals surface area contributed by atoms with E-state index in [4.69, 9.17) is 4.74 Å². The zero-order chi connectivity index (χ0) is 15.6. The van der Waals surface area contributed by atoms with Crippen LogP contribution < -0.4 is 5.32 Å². The molecule has 0 saturated carbocycles. The Hall–Kier alpha value is -0.900. The van der Waals surface area contributed by atoms with Gasteiger partial charge in [-0.2, -0.15) is 0 Å². The Balaban J connectivity index is 2.87. The van der Waals surface area contributed by atoms with Crippen molar-refractivity contribution in [3.05, 3.63) is 0 Å². The largest absolute Gasteiger partial charge is 0.462 e. The fourth-order valence-corrected chi connectivity index (χ4v) is 3.09. The molecule has 0 aromatic carbocycles. The van der Waals surface area contributed by atoms with E-state index in [9.17, 15) is 9.59 Å². The molecule has 4 nitrogen and oxygen atoms in total. The third-order valence-electron chi connectivity index (χ3n) is 4.99. The lowest BCUT2D eigenvalue weighted by Gasteiger charge is -2.52. The van der Waals surface area contributed by atoms with Crippen LogP contribution in [-0.4, -0.2) is 28.9 Å². The number of carbonyl (C=O) groups excluding carboxylic acids is 2. The molecule has 0 bridgehead atoms. The smallest absolute Gasteiger partial charge is 0.313 e. The lowest BCUT2D eigenvalue weighted by Crippen LogP contribution is -2.66. The van der Waals surface area contributed by atoms with Crippen molar-refractivity contribution in [1.29, 1.82) is 0 Å². The topological polar surface area (TPSA) is 55.4 Å². The van der Waals surface area contributed by atoms with Crippen LogP contribution in [0.25, 0.3) is 0 Å². The molecule has 20 heavy (non-hydrogen) atoms. The zero-order valence-corrected chi connectivity index (χ0v) is 13.7. The van der Waals surface area contributed by atoms with Crippen LogP contribution >= 0.6 is 0 Å². The number of rotatable bonds is 5. The molecule has 1 heterocycles. The summed E-state index contributed by atoms with van der Waals surface area (Å²) in [4.78, 5) is 22.8. The number of piperidine rings is 1. The maximum atomic E-state index is 11.8. The summed E-state index contributed by atoms with van der Waals surface area (Å²) in [6, 6.07) is 0. The van der Waals surface area contributed by atoms with Crippen molar-refractivity contribution in [2.24, 2.45) is 5.92 Å². The van der Waals surface area contributed by atoms with Crippen molar-refractivity contribution in [2.45, 2.75) is 84.4 Å². The molecule has 0 aliphatic carbocycles. The second kappa shape index (κ2) is 6.25. The summed E-state index contributed by atoms with van der Waals surface area (Å²) >= 11 is 0. The predicted octanol–water partition coefficient (Wildman–Crippen LogP) is 2.84. The molecule has 1 fully saturated rings. The fourth-order valence-electron chi connectivity index (χ4n) is 3.09. The van der Waals surface area contributed by atoms with E-state index in [-0.39, 0.29) is 35.3 Å². The minimum atomic E-state index is -0.395. The first-order valence-corrected chi connectivity index (χ1v) is 7.64. The summed E-state index contributed by atoms with van der Waals surface area (Å²) in [6.07, 6.45) is 2.50. The van der Waals surface area contributed by atoms with Crippen LogP contribution in [0, 0.1) is 5.92 Å². The molecule has 4 heteroatoms. The van der Waals surface area contributed by atoms with Crippen molar-refractivity contribution >= 4 is 11.8 Å². The molecule has 1 N–H and O–H groups in total. The van der Waals surface area contributed by atoms with Gasteiger partial charge in [0.15, 0.2) is 0 Å². The van der Waals surface area contributed by atoms with Crippen LogP contribution in [0.5, 0.6) is 0 Å². The highest BCUT2D eigenvalue weighted by Gasteiger charge is 2.47. The highest BCUT2D eigenvalue weighted by atomic mass is 16.5. The Labute approximate surface area is 122 Å². The fraction of sp³-hybridized carbons (Fsp3) is 0.875. The van der Waals surface area contributed by atoms with Crippen LogP contribution in [0.1, 0.15) is 67.2 Å². The number of ketones is 1. The third kappa shape index (κ3) is 3.81. The predicted molar refractivity (Wildman–Crippen MR) is 79.5 cm³/mol. The highest BCUT2D eigenvalue weighted by Crippen LogP contribution is 2.38. The number of ether oxygens (including phenoxy) is 1. The summed E-state index contributed by atoms with van der Waals surface area (Å²) in [5, 5.41) is 3.74. The molecular formula is C16H29NO3. The van der Waals surface area contributed by atoms with Crippen LogP contribution in [0.2, 0.25) is 0 Å². The molecule has 116 valence electrons. The van der Waals surface area contributed by atoms with Gasteiger partial charge in [-0.15, -0.1) is 0 Å². The second-order valence-electron chi connectivity index (χ2n) is 6.71. The van der Waals surface area contributed by atoms with E-state index < -0.39 is 5.97 Å². The van der Waals surface area contributed by atoms with Crippen molar-refractivity contribution in [3.8, 4) is 0 Å². The summed E-state index contributed by atoms with van der Waals surface area (Å²) < 4.78 is 5.61. The van der Waals surface area contributed by atoms with Crippen molar-refractivity contribution < 1.29 is 14.3 Å². The van der Waals surface area contributed by atoms with Gasteiger partial charge in [0.05, 0.1) is 0 Å². The number of nitrogens with one attached hydrogen (secondary N) is 1. The normalized spacial score (nSPS) is 37.5. The number of hydrogen-bond donors (Lipinski definition) is 1. The lowest BCUT2D eigenvalue weighted by atomic mass is 9.70. The van der Waals surface area contributed by atoms with Gasteiger partial charge >= 0.3 is 5.97 Å². The summed E-state index contributed by atoms with van der Waals surface area (Å²) in [5.41, 5.74) is -0.0807. The quantitative estimate of drug-likeness (QED) is 0.622. The standard InChI is InChI=1S/C16H29NO3/c1-7-15(5)10-13(20-14(19)9-11(3)18)12(4)16(6,8-2)17-15/h12-13,17H,7-10H2,1-6H3. The van der Waals surface area contributed by atoms with Gasteiger partial charge in [0.2, 0.25) is 0 Å². The van der Waals surface area contributed by atoms with E-state index in [0.29, 0.717) is 0 Å². The molecule has 1 rings (SSSR count). The van der Waals surface area contributed by atoms with Gasteiger partial charge < -0.3 is 10.1 Å². The second-order valence-corrected chi connectivity index (χ2v) is 6.71. The number of carbonyl (C=O) groups is 2. The molecule has 1 aliphatic rings. The van der Waals surface area contributed by atoms with Gasteiger partial charge in [-0.3, -0.25) is 9.59 Å². The van der Waals surface area contributed by atoms with Gasteiger partial charge in [-0.1, -0.05) is 20.8 Å². The Morgan fingerprint density at radius 1 is 1.25 bits per heavy atom. The Morgan fingerprint density at radius 3 is 2.30 bits per heavy atom. The summed E-state index contributed by atoms with van der Waals surface area (Å²) in [6.45, 7) is 12.2. The van der Waals surface area contributed by atoms with E-state index in [1.807, 2.05) is 0 Å². The molecule has 0 amide bonds. The molecular weight excluding hydrogens is 254 g/mol. The third-order valence-corrected chi connectivity index (χ3v) is 4.99.